The van der Waals surface area contributed by atoms with Crippen LogP contribution < -0.4 is 9.47 Å². The van der Waals surface area contributed by atoms with Crippen molar-refractivity contribution in [3.05, 3.63) is 47.8 Å². The molecule has 3 aromatic rings. The van der Waals surface area contributed by atoms with E-state index in [1.54, 1.807) is 12.3 Å². The zero-order chi connectivity index (χ0) is 26.2. The molecule has 0 radical (unpaired) electrons. The number of aromatic nitrogens is 2. The summed E-state index contributed by atoms with van der Waals surface area (Å²) < 4.78 is 57.5. The van der Waals surface area contributed by atoms with Crippen molar-refractivity contribution in [2.24, 2.45) is 0 Å². The van der Waals surface area contributed by atoms with Crippen LogP contribution in [0.3, 0.4) is 0 Å². The van der Waals surface area contributed by atoms with E-state index in [-0.39, 0.29) is 17.9 Å². The van der Waals surface area contributed by atoms with Gasteiger partial charge in [-0.2, -0.15) is 13.2 Å². The van der Waals surface area contributed by atoms with Gasteiger partial charge in [0.25, 0.3) is 5.91 Å². The van der Waals surface area contributed by atoms with Gasteiger partial charge in [0.1, 0.15) is 30.3 Å². The molecule has 0 N–H and O–H groups in total. The molecular formula is C26H29F3N4O4. The van der Waals surface area contributed by atoms with Crippen molar-refractivity contribution in [3.63, 3.8) is 0 Å². The molecule has 8 nitrogen and oxygen atoms in total. The third-order valence-corrected chi connectivity index (χ3v) is 6.86. The molecule has 37 heavy (non-hydrogen) atoms. The van der Waals surface area contributed by atoms with E-state index < -0.39 is 18.6 Å². The molecule has 0 spiro atoms. The van der Waals surface area contributed by atoms with E-state index in [0.29, 0.717) is 36.0 Å². The van der Waals surface area contributed by atoms with Crippen LogP contribution in [0.5, 0.6) is 11.5 Å². The van der Waals surface area contributed by atoms with Crippen LogP contribution in [0.25, 0.3) is 16.9 Å². The van der Waals surface area contributed by atoms with E-state index in [0.717, 1.165) is 42.5 Å². The molecule has 1 saturated heterocycles. The van der Waals surface area contributed by atoms with E-state index in [4.69, 9.17) is 14.2 Å². The van der Waals surface area contributed by atoms with Gasteiger partial charge in [0.2, 0.25) is 0 Å². The Balaban J connectivity index is 1.35. The summed E-state index contributed by atoms with van der Waals surface area (Å²) in [6.45, 7) is 4.58. The number of amides is 1. The molecule has 1 fully saturated rings. The van der Waals surface area contributed by atoms with Crippen molar-refractivity contribution in [2.75, 3.05) is 53.1 Å². The molecule has 1 aromatic carbocycles. The molecule has 4 heterocycles. The minimum atomic E-state index is -4.46. The molecule has 5 rings (SSSR count). The number of pyridine rings is 1. The number of fused-ring (bicyclic) bond motifs is 2. The Morgan fingerprint density at radius 1 is 1.22 bits per heavy atom. The van der Waals surface area contributed by atoms with Crippen molar-refractivity contribution in [3.8, 4) is 22.8 Å². The van der Waals surface area contributed by atoms with Crippen molar-refractivity contribution >= 4 is 11.6 Å². The molecule has 198 valence electrons. The number of rotatable bonds is 7. The van der Waals surface area contributed by atoms with Crippen LogP contribution >= 0.6 is 0 Å². The Hall–Kier alpha value is -3.31. The lowest BCUT2D eigenvalue weighted by Crippen LogP contribution is -2.45. The summed E-state index contributed by atoms with van der Waals surface area (Å²) in [4.78, 5) is 20.5. The van der Waals surface area contributed by atoms with Crippen molar-refractivity contribution in [1.29, 1.82) is 0 Å². The first-order valence-corrected chi connectivity index (χ1v) is 12.2. The minimum Gasteiger partial charge on any atom is -0.496 e. The Labute approximate surface area is 212 Å². The van der Waals surface area contributed by atoms with Gasteiger partial charge in [-0.25, -0.2) is 4.98 Å². The van der Waals surface area contributed by atoms with Crippen molar-refractivity contribution in [2.45, 2.75) is 25.6 Å². The van der Waals surface area contributed by atoms with E-state index >= 15 is 0 Å². The van der Waals surface area contributed by atoms with Crippen LogP contribution in [0.1, 0.15) is 22.8 Å². The molecule has 0 unspecified atom stereocenters. The monoisotopic (exact) mass is 518 g/mol. The topological polar surface area (TPSA) is 68.5 Å². The highest BCUT2D eigenvalue weighted by Crippen LogP contribution is 2.35. The summed E-state index contributed by atoms with van der Waals surface area (Å²) in [5.41, 5.74) is 3.06. The first kappa shape index (κ1) is 25.3. The molecular weight excluding hydrogens is 489 g/mol. The highest BCUT2D eigenvalue weighted by atomic mass is 19.4. The Morgan fingerprint density at radius 2 is 2.05 bits per heavy atom. The lowest BCUT2D eigenvalue weighted by Gasteiger charge is -2.32. The van der Waals surface area contributed by atoms with Crippen molar-refractivity contribution < 1.29 is 32.2 Å². The number of carbonyl (C=O) groups excluding carboxylic acids is 1. The third-order valence-electron chi connectivity index (χ3n) is 6.86. The Kier molecular flexibility index (Phi) is 7.00. The molecule has 1 amide bonds. The number of imidazole rings is 1. The molecule has 2 aromatic heterocycles. The Bertz CT molecular complexity index is 1280. The van der Waals surface area contributed by atoms with Gasteiger partial charge in [-0.15, -0.1) is 0 Å². The van der Waals surface area contributed by atoms with Crippen LogP contribution in [-0.4, -0.2) is 90.4 Å². The highest BCUT2D eigenvalue weighted by molar-refractivity contribution is 6.00. The second kappa shape index (κ2) is 10.2. The van der Waals surface area contributed by atoms with E-state index in [1.807, 2.05) is 28.8 Å². The number of alkyl halides is 3. The number of carbonyl (C=O) groups is 1. The lowest BCUT2D eigenvalue weighted by atomic mass is 9.94. The van der Waals surface area contributed by atoms with Gasteiger partial charge in [-0.3, -0.25) is 14.1 Å². The maximum absolute atomic E-state index is 12.9. The standard InChI is InChI=1S/C26H29F3N4O4/c1-17-15-36-9-7-31(17)8-10-37-20-4-6-33-21(14-30-23(33)13-20)19-11-18-3-5-32(16-26(27,28)29)25(34)24(18)22(12-19)35-2/h4,6,11-14,17H,3,5,7-10,15-16H2,1-2H3/t17-/m0/s1. The number of morpholine rings is 1. The number of ether oxygens (including phenoxy) is 3. The fraction of sp³-hybridized carbons (Fsp3) is 0.462. The fourth-order valence-corrected chi connectivity index (χ4v) is 4.94. The SMILES string of the molecule is COc1cc(-c2cnc3cc(OCCN4CCOC[C@@H]4C)ccn23)cc2c1C(=O)N(CC(F)(F)F)CC2. The summed E-state index contributed by atoms with van der Waals surface area (Å²) in [7, 11) is 1.41. The average molecular weight is 519 g/mol. The number of methoxy groups -OCH3 is 1. The molecule has 0 aliphatic carbocycles. The van der Waals surface area contributed by atoms with E-state index in [1.165, 1.54) is 7.11 Å². The Morgan fingerprint density at radius 3 is 2.81 bits per heavy atom. The van der Waals surface area contributed by atoms with Crippen LogP contribution in [0.15, 0.2) is 36.7 Å². The number of hydrogen-bond donors (Lipinski definition) is 0. The van der Waals surface area contributed by atoms with Gasteiger partial charge >= 0.3 is 6.18 Å². The van der Waals surface area contributed by atoms with Crippen LogP contribution in [0, 0.1) is 0 Å². The minimum absolute atomic E-state index is 0.00493. The van der Waals surface area contributed by atoms with Crippen LogP contribution in [-0.2, 0) is 11.2 Å². The summed E-state index contributed by atoms with van der Waals surface area (Å²) in [6.07, 6.45) is -0.568. The maximum Gasteiger partial charge on any atom is 0.406 e. The molecule has 1 atom stereocenters. The second-order valence-corrected chi connectivity index (χ2v) is 9.35. The molecule has 0 saturated carbocycles. The normalized spacial score (nSPS) is 18.8. The zero-order valence-electron chi connectivity index (χ0n) is 20.8. The largest absolute Gasteiger partial charge is 0.496 e. The van der Waals surface area contributed by atoms with Gasteiger partial charge < -0.3 is 19.1 Å². The van der Waals surface area contributed by atoms with E-state index in [9.17, 15) is 18.0 Å². The molecule has 11 heteroatoms. The van der Waals surface area contributed by atoms with Gasteiger partial charge in [0.05, 0.1) is 37.8 Å². The number of benzene rings is 1. The average Bonchev–Trinajstić information content (AvgIpc) is 3.29. The van der Waals surface area contributed by atoms with Crippen LogP contribution in [0.4, 0.5) is 13.2 Å². The fourth-order valence-electron chi connectivity index (χ4n) is 4.94. The van der Waals surface area contributed by atoms with Gasteiger partial charge in [-0.1, -0.05) is 0 Å². The summed E-state index contributed by atoms with van der Waals surface area (Å²) >= 11 is 0. The highest BCUT2D eigenvalue weighted by Gasteiger charge is 2.37. The third kappa shape index (κ3) is 5.37. The molecule has 0 bridgehead atoms. The first-order valence-electron chi connectivity index (χ1n) is 12.2. The molecule has 2 aliphatic rings. The van der Waals surface area contributed by atoms with E-state index in [2.05, 4.69) is 16.8 Å². The van der Waals surface area contributed by atoms with Gasteiger partial charge in [0, 0.05) is 43.5 Å². The van der Waals surface area contributed by atoms with Gasteiger partial charge in [-0.05, 0) is 37.1 Å². The maximum atomic E-state index is 12.9. The quantitative estimate of drug-likeness (QED) is 0.476. The lowest BCUT2D eigenvalue weighted by molar-refractivity contribution is -0.141. The summed E-state index contributed by atoms with van der Waals surface area (Å²) in [5, 5.41) is 0. The predicted octanol–water partition coefficient (Wildman–Crippen LogP) is 3.67. The number of hydrogen-bond acceptors (Lipinski definition) is 6. The second-order valence-electron chi connectivity index (χ2n) is 9.35. The smallest absolute Gasteiger partial charge is 0.406 e. The van der Waals surface area contributed by atoms with Gasteiger partial charge in [0.15, 0.2) is 0 Å². The number of halogens is 3. The predicted molar refractivity (Wildman–Crippen MR) is 130 cm³/mol. The molecule has 2 aliphatic heterocycles. The van der Waals surface area contributed by atoms with Crippen molar-refractivity contribution in [1.82, 2.24) is 19.2 Å². The zero-order valence-corrected chi connectivity index (χ0v) is 20.8. The summed E-state index contributed by atoms with van der Waals surface area (Å²) in [6, 6.07) is 7.60. The number of nitrogens with zero attached hydrogens (tertiary/aromatic N) is 4. The summed E-state index contributed by atoms with van der Waals surface area (Å²) in [5.74, 6) is 0.286. The van der Waals surface area contributed by atoms with Crippen LogP contribution in [0.2, 0.25) is 0 Å². The first-order chi connectivity index (χ1) is 17.7.